The first-order valence-electron chi connectivity index (χ1n) is 9.55. The Balaban J connectivity index is 1.84. The molecule has 0 saturated carbocycles. The summed E-state index contributed by atoms with van der Waals surface area (Å²) in [5.41, 5.74) is 2.97. The van der Waals surface area contributed by atoms with Crippen LogP contribution in [0.1, 0.15) is 33.2 Å². The number of esters is 1. The Hall–Kier alpha value is -2.96. The lowest BCUT2D eigenvalue weighted by Crippen LogP contribution is -2.26. The number of hydrogen-bond donors (Lipinski definition) is 1. The summed E-state index contributed by atoms with van der Waals surface area (Å²) in [5, 5.41) is 3.29. The van der Waals surface area contributed by atoms with Crippen LogP contribution in [0.5, 0.6) is 0 Å². The number of rotatable bonds is 7. The van der Waals surface area contributed by atoms with Gasteiger partial charge in [-0.3, -0.25) is 9.00 Å². The number of aryl methyl sites for hydroxylation is 1. The second-order valence-electron chi connectivity index (χ2n) is 7.07. The Morgan fingerprint density at radius 2 is 1.77 bits per heavy atom. The number of nitrogens with one attached hydrogen (secondary N) is 1. The second kappa shape index (κ2) is 10.4. The van der Waals surface area contributed by atoms with Crippen molar-refractivity contribution >= 4 is 40.0 Å². The number of hydrogen-bond acceptors (Lipinski definition) is 4. The lowest BCUT2D eigenvalue weighted by molar-refractivity contribution is -0.125. The van der Waals surface area contributed by atoms with Crippen LogP contribution in [0, 0.1) is 6.92 Å². The fraction of sp³-hybridized carbons (Fsp3) is 0.167. The number of amides is 1. The summed E-state index contributed by atoms with van der Waals surface area (Å²) in [7, 11) is -1.04. The summed E-state index contributed by atoms with van der Waals surface area (Å²) in [6.45, 7) is 1.87. The van der Waals surface area contributed by atoms with E-state index in [-0.39, 0.29) is 5.56 Å². The minimum atomic E-state index is -1.15. The maximum absolute atomic E-state index is 13.0. The van der Waals surface area contributed by atoms with E-state index in [1.807, 2.05) is 13.0 Å². The van der Waals surface area contributed by atoms with Gasteiger partial charge in [0.05, 0.1) is 5.56 Å². The zero-order valence-corrected chi connectivity index (χ0v) is 18.7. The highest BCUT2D eigenvalue weighted by Gasteiger charge is 2.26. The second-order valence-corrected chi connectivity index (χ2v) is 8.91. The summed E-state index contributed by atoms with van der Waals surface area (Å²) < 4.78 is 17.1. The Morgan fingerprint density at radius 1 is 1.03 bits per heavy atom. The number of halogens is 1. The van der Waals surface area contributed by atoms with Crippen LogP contribution in [0.4, 0.5) is 5.69 Å². The molecule has 3 rings (SSSR count). The smallest absolute Gasteiger partial charge is 0.339 e. The largest absolute Gasteiger partial charge is 0.444 e. The Kier molecular flexibility index (Phi) is 7.60. The van der Waals surface area contributed by atoms with Gasteiger partial charge in [-0.15, -0.1) is 0 Å². The van der Waals surface area contributed by atoms with E-state index in [2.05, 4.69) is 5.32 Å². The third-order valence-electron chi connectivity index (χ3n) is 4.54. The number of anilines is 1. The van der Waals surface area contributed by atoms with Crippen LogP contribution >= 0.6 is 11.6 Å². The molecular weight excluding hydrogens is 434 g/mol. The third-order valence-corrected chi connectivity index (χ3v) is 5.68. The van der Waals surface area contributed by atoms with Gasteiger partial charge in [-0.05, 0) is 42.3 Å². The van der Waals surface area contributed by atoms with E-state index in [9.17, 15) is 13.8 Å². The molecule has 1 amide bonds. The SMILES string of the molecule is Cc1ccc(NC(=O)C(OC(=O)c2cccc(CS(C)=O)c2)c2ccccc2)cc1Cl. The van der Waals surface area contributed by atoms with Gasteiger partial charge >= 0.3 is 5.97 Å². The average Bonchev–Trinajstić information content (AvgIpc) is 2.74. The topological polar surface area (TPSA) is 72.5 Å². The lowest BCUT2D eigenvalue weighted by atomic mass is 10.1. The van der Waals surface area contributed by atoms with Crippen molar-refractivity contribution < 1.29 is 18.5 Å². The minimum Gasteiger partial charge on any atom is -0.444 e. The summed E-state index contributed by atoms with van der Waals surface area (Å²) in [6, 6.07) is 20.7. The van der Waals surface area contributed by atoms with E-state index in [0.717, 1.165) is 11.1 Å². The molecule has 1 N–H and O–H groups in total. The summed E-state index contributed by atoms with van der Waals surface area (Å²) in [5.74, 6) is -0.808. The summed E-state index contributed by atoms with van der Waals surface area (Å²) >= 11 is 6.15. The Labute approximate surface area is 188 Å². The highest BCUT2D eigenvalue weighted by atomic mass is 35.5. The third kappa shape index (κ3) is 6.26. The summed E-state index contributed by atoms with van der Waals surface area (Å²) in [6.07, 6.45) is 0.440. The highest BCUT2D eigenvalue weighted by molar-refractivity contribution is 7.83. The molecule has 0 heterocycles. The fourth-order valence-electron chi connectivity index (χ4n) is 2.98. The van der Waals surface area contributed by atoms with Crippen LogP contribution in [0.2, 0.25) is 5.02 Å². The van der Waals surface area contributed by atoms with Crippen molar-refractivity contribution in [1.29, 1.82) is 0 Å². The van der Waals surface area contributed by atoms with Crippen LogP contribution in [-0.2, 0) is 26.1 Å². The van der Waals surface area contributed by atoms with Crippen molar-refractivity contribution in [2.45, 2.75) is 18.8 Å². The van der Waals surface area contributed by atoms with E-state index in [4.69, 9.17) is 16.3 Å². The van der Waals surface area contributed by atoms with Crippen LogP contribution in [0.25, 0.3) is 0 Å². The standard InChI is InChI=1S/C24H22ClNO4S/c1-16-11-12-20(14-21(16)25)26-23(27)22(18-8-4-3-5-9-18)30-24(28)19-10-6-7-17(13-19)15-31(2)29/h3-14,22H,15H2,1-2H3,(H,26,27). The molecule has 0 fully saturated rings. The van der Waals surface area contributed by atoms with Gasteiger partial charge in [-0.25, -0.2) is 4.79 Å². The van der Waals surface area contributed by atoms with E-state index in [1.54, 1.807) is 73.0 Å². The maximum Gasteiger partial charge on any atom is 0.339 e. The molecule has 0 aliphatic rings. The zero-order valence-electron chi connectivity index (χ0n) is 17.1. The molecule has 31 heavy (non-hydrogen) atoms. The van der Waals surface area contributed by atoms with Gasteiger partial charge in [0.2, 0.25) is 6.10 Å². The van der Waals surface area contributed by atoms with Gasteiger partial charge in [-0.1, -0.05) is 60.1 Å². The molecule has 0 spiro atoms. The molecule has 3 aromatic rings. The van der Waals surface area contributed by atoms with Crippen molar-refractivity contribution in [2.24, 2.45) is 0 Å². The quantitative estimate of drug-likeness (QED) is 0.505. The van der Waals surface area contributed by atoms with Gasteiger partial charge in [0.15, 0.2) is 0 Å². The van der Waals surface area contributed by atoms with Crippen LogP contribution in [0.15, 0.2) is 72.8 Å². The molecule has 160 valence electrons. The van der Waals surface area contributed by atoms with E-state index in [0.29, 0.717) is 22.0 Å². The van der Waals surface area contributed by atoms with E-state index in [1.165, 1.54) is 0 Å². The van der Waals surface area contributed by atoms with Gasteiger partial charge in [-0.2, -0.15) is 0 Å². The fourth-order valence-corrected chi connectivity index (χ4v) is 3.81. The van der Waals surface area contributed by atoms with Crippen LogP contribution in [-0.4, -0.2) is 22.3 Å². The molecular formula is C24H22ClNO4S. The molecule has 0 aliphatic heterocycles. The zero-order chi connectivity index (χ0) is 22.4. The van der Waals surface area contributed by atoms with Gasteiger partial charge < -0.3 is 10.1 Å². The average molecular weight is 456 g/mol. The van der Waals surface area contributed by atoms with Crippen molar-refractivity contribution in [3.63, 3.8) is 0 Å². The van der Waals surface area contributed by atoms with E-state index < -0.39 is 28.8 Å². The highest BCUT2D eigenvalue weighted by Crippen LogP contribution is 2.24. The minimum absolute atomic E-state index is 0.287. The molecule has 2 unspecified atom stereocenters. The molecule has 7 heteroatoms. The molecule has 0 aromatic heterocycles. The van der Waals surface area contributed by atoms with Gasteiger partial charge in [0, 0.05) is 39.1 Å². The van der Waals surface area contributed by atoms with Crippen molar-refractivity contribution in [1.82, 2.24) is 0 Å². The van der Waals surface area contributed by atoms with E-state index >= 15 is 0 Å². The number of benzene rings is 3. The molecule has 3 aromatic carbocycles. The van der Waals surface area contributed by atoms with Gasteiger partial charge in [0.1, 0.15) is 0 Å². The monoisotopic (exact) mass is 455 g/mol. The molecule has 0 aliphatic carbocycles. The molecule has 5 nitrogen and oxygen atoms in total. The van der Waals surface area contributed by atoms with Crippen LogP contribution in [0.3, 0.4) is 0 Å². The first-order valence-corrected chi connectivity index (χ1v) is 11.7. The lowest BCUT2D eigenvalue weighted by Gasteiger charge is -2.18. The predicted octanol–water partition coefficient (Wildman–Crippen LogP) is 5.06. The Morgan fingerprint density at radius 3 is 2.45 bits per heavy atom. The number of ether oxygens (including phenoxy) is 1. The Bertz CT molecular complexity index is 1120. The maximum atomic E-state index is 13.0. The molecule has 0 saturated heterocycles. The summed E-state index contributed by atoms with van der Waals surface area (Å²) in [4.78, 5) is 25.8. The normalized spacial score (nSPS) is 12.6. The van der Waals surface area contributed by atoms with Crippen molar-refractivity contribution in [3.05, 3.63) is 100 Å². The van der Waals surface area contributed by atoms with Crippen LogP contribution < -0.4 is 5.32 Å². The first kappa shape index (κ1) is 22.7. The number of carbonyl (C=O) groups excluding carboxylic acids is 2. The van der Waals surface area contributed by atoms with Crippen molar-refractivity contribution in [2.75, 3.05) is 11.6 Å². The predicted molar refractivity (Wildman–Crippen MR) is 124 cm³/mol. The molecule has 0 radical (unpaired) electrons. The van der Waals surface area contributed by atoms with Crippen molar-refractivity contribution in [3.8, 4) is 0 Å². The number of carbonyl (C=O) groups is 2. The molecule has 0 bridgehead atoms. The molecule has 2 atom stereocenters. The van der Waals surface area contributed by atoms with Gasteiger partial charge in [0.25, 0.3) is 5.91 Å². The first-order chi connectivity index (χ1) is 14.8.